The first-order valence-corrected chi connectivity index (χ1v) is 6.75. The van der Waals surface area contributed by atoms with Crippen LogP contribution in [0.25, 0.3) is 0 Å². The van der Waals surface area contributed by atoms with Crippen molar-refractivity contribution in [1.29, 1.82) is 0 Å². The summed E-state index contributed by atoms with van der Waals surface area (Å²) in [6, 6.07) is 5.22. The van der Waals surface area contributed by atoms with Crippen LogP contribution in [0.1, 0.15) is 33.9 Å². The van der Waals surface area contributed by atoms with E-state index in [0.29, 0.717) is 22.3 Å². The third-order valence-electron chi connectivity index (χ3n) is 3.69. The van der Waals surface area contributed by atoms with Crippen LogP contribution in [0.4, 0.5) is 13.2 Å². The van der Waals surface area contributed by atoms with Crippen molar-refractivity contribution in [1.82, 2.24) is 5.32 Å². The van der Waals surface area contributed by atoms with Gasteiger partial charge in [-0.15, -0.1) is 0 Å². The molecule has 1 unspecified atom stereocenters. The second-order valence-corrected chi connectivity index (χ2v) is 5.28. The van der Waals surface area contributed by atoms with Crippen molar-refractivity contribution in [3.8, 4) is 0 Å². The van der Waals surface area contributed by atoms with Crippen molar-refractivity contribution in [3.63, 3.8) is 0 Å². The van der Waals surface area contributed by atoms with E-state index < -0.39 is 17.7 Å². The van der Waals surface area contributed by atoms with Crippen LogP contribution in [0.3, 0.4) is 0 Å². The second-order valence-electron chi connectivity index (χ2n) is 5.28. The molecule has 0 heterocycles. The zero-order chi connectivity index (χ0) is 15.7. The van der Waals surface area contributed by atoms with Gasteiger partial charge in [-0.1, -0.05) is 18.2 Å². The SMILES string of the molecule is CNC(c1cc(C)c(F)c(C)c1)c1c(F)ccc(C)c1F. The minimum absolute atomic E-state index is 0.0390. The van der Waals surface area contributed by atoms with Crippen molar-refractivity contribution in [3.05, 3.63) is 69.5 Å². The van der Waals surface area contributed by atoms with Crippen LogP contribution < -0.4 is 5.32 Å². The van der Waals surface area contributed by atoms with Crippen molar-refractivity contribution in [2.45, 2.75) is 26.8 Å². The van der Waals surface area contributed by atoms with Gasteiger partial charge in [0.1, 0.15) is 17.5 Å². The van der Waals surface area contributed by atoms with Gasteiger partial charge in [-0.2, -0.15) is 0 Å². The summed E-state index contributed by atoms with van der Waals surface area (Å²) >= 11 is 0. The largest absolute Gasteiger partial charge is 0.309 e. The Bertz CT molecular complexity index is 657. The van der Waals surface area contributed by atoms with Gasteiger partial charge < -0.3 is 5.32 Å². The highest BCUT2D eigenvalue weighted by Gasteiger charge is 2.23. The lowest BCUT2D eigenvalue weighted by molar-refractivity contribution is 0.516. The quantitative estimate of drug-likeness (QED) is 0.887. The van der Waals surface area contributed by atoms with E-state index in [-0.39, 0.29) is 11.4 Å². The predicted molar refractivity (Wildman–Crippen MR) is 77.9 cm³/mol. The number of nitrogens with one attached hydrogen (secondary N) is 1. The summed E-state index contributed by atoms with van der Waals surface area (Å²) in [6.07, 6.45) is 0. The molecule has 0 bridgehead atoms. The summed E-state index contributed by atoms with van der Waals surface area (Å²) in [5.41, 5.74) is 1.89. The molecule has 0 saturated heterocycles. The van der Waals surface area contributed by atoms with Crippen LogP contribution in [0, 0.1) is 38.2 Å². The maximum absolute atomic E-state index is 14.3. The smallest absolute Gasteiger partial charge is 0.134 e. The van der Waals surface area contributed by atoms with E-state index >= 15 is 0 Å². The molecule has 1 N–H and O–H groups in total. The van der Waals surface area contributed by atoms with Gasteiger partial charge in [0.05, 0.1) is 6.04 Å². The van der Waals surface area contributed by atoms with Gasteiger partial charge in [0, 0.05) is 5.56 Å². The molecule has 0 aromatic heterocycles. The number of hydrogen-bond donors (Lipinski definition) is 1. The van der Waals surface area contributed by atoms with Gasteiger partial charge in [0.25, 0.3) is 0 Å². The van der Waals surface area contributed by atoms with E-state index in [1.165, 1.54) is 12.1 Å². The third kappa shape index (κ3) is 2.81. The van der Waals surface area contributed by atoms with Crippen LogP contribution in [-0.4, -0.2) is 7.05 Å². The van der Waals surface area contributed by atoms with E-state index in [4.69, 9.17) is 0 Å². The summed E-state index contributed by atoms with van der Waals surface area (Å²) in [5.74, 6) is -1.48. The van der Waals surface area contributed by atoms with E-state index in [1.54, 1.807) is 40.0 Å². The Labute approximate surface area is 122 Å². The number of halogens is 3. The van der Waals surface area contributed by atoms with Gasteiger partial charge >= 0.3 is 0 Å². The molecule has 0 aliphatic carbocycles. The minimum Gasteiger partial charge on any atom is -0.309 e. The first-order chi connectivity index (χ1) is 9.86. The lowest BCUT2D eigenvalue weighted by Crippen LogP contribution is -2.21. The van der Waals surface area contributed by atoms with E-state index in [9.17, 15) is 13.2 Å². The van der Waals surface area contributed by atoms with Crippen molar-refractivity contribution in [2.24, 2.45) is 0 Å². The normalized spacial score (nSPS) is 12.5. The number of aryl methyl sites for hydroxylation is 3. The molecule has 0 fully saturated rings. The molecule has 112 valence electrons. The van der Waals surface area contributed by atoms with Gasteiger partial charge in [-0.3, -0.25) is 0 Å². The maximum Gasteiger partial charge on any atom is 0.134 e. The highest BCUT2D eigenvalue weighted by molar-refractivity contribution is 5.40. The molecule has 0 aliphatic rings. The zero-order valence-corrected chi connectivity index (χ0v) is 12.5. The van der Waals surface area contributed by atoms with E-state index in [1.807, 2.05) is 0 Å². The summed E-state index contributed by atoms with van der Waals surface area (Å²) in [5, 5.41) is 2.91. The topological polar surface area (TPSA) is 12.0 Å². The Kier molecular flexibility index (Phi) is 4.37. The van der Waals surface area contributed by atoms with E-state index in [2.05, 4.69) is 5.32 Å². The second kappa shape index (κ2) is 5.90. The Morgan fingerprint density at radius 3 is 1.95 bits per heavy atom. The number of benzene rings is 2. The molecule has 21 heavy (non-hydrogen) atoms. The van der Waals surface area contributed by atoms with Crippen molar-refractivity contribution in [2.75, 3.05) is 7.05 Å². The Morgan fingerprint density at radius 2 is 1.43 bits per heavy atom. The molecule has 4 heteroatoms. The third-order valence-corrected chi connectivity index (χ3v) is 3.69. The summed E-state index contributed by atoms with van der Waals surface area (Å²) in [4.78, 5) is 0. The van der Waals surface area contributed by atoms with Crippen LogP contribution >= 0.6 is 0 Å². The number of rotatable bonds is 3. The fourth-order valence-electron chi connectivity index (χ4n) is 2.57. The standard InChI is InChI=1S/C17H18F3N/c1-9-5-6-13(18)14(16(9)20)17(21-4)12-7-10(2)15(19)11(3)8-12/h5-8,17,21H,1-4H3. The Morgan fingerprint density at radius 1 is 0.857 bits per heavy atom. The first kappa shape index (κ1) is 15.6. The van der Waals surface area contributed by atoms with Crippen LogP contribution in [0.2, 0.25) is 0 Å². The lowest BCUT2D eigenvalue weighted by Gasteiger charge is -2.21. The molecule has 0 spiro atoms. The molecule has 0 aliphatic heterocycles. The highest BCUT2D eigenvalue weighted by Crippen LogP contribution is 2.30. The molecule has 2 aromatic carbocycles. The van der Waals surface area contributed by atoms with Crippen molar-refractivity contribution >= 4 is 0 Å². The summed E-state index contributed by atoms with van der Waals surface area (Å²) in [6.45, 7) is 4.87. The van der Waals surface area contributed by atoms with Crippen LogP contribution in [0.5, 0.6) is 0 Å². The Hall–Kier alpha value is -1.81. The molecular weight excluding hydrogens is 275 g/mol. The van der Waals surface area contributed by atoms with Gasteiger partial charge in [-0.25, -0.2) is 13.2 Å². The molecule has 2 aromatic rings. The number of hydrogen-bond acceptors (Lipinski definition) is 1. The molecule has 2 rings (SSSR count). The molecule has 0 radical (unpaired) electrons. The van der Waals surface area contributed by atoms with Crippen molar-refractivity contribution < 1.29 is 13.2 Å². The summed E-state index contributed by atoms with van der Waals surface area (Å²) in [7, 11) is 1.62. The van der Waals surface area contributed by atoms with Gasteiger partial charge in [0.15, 0.2) is 0 Å². The zero-order valence-electron chi connectivity index (χ0n) is 12.5. The summed E-state index contributed by atoms with van der Waals surface area (Å²) < 4.78 is 42.1. The predicted octanol–water partition coefficient (Wildman–Crippen LogP) is 4.34. The lowest BCUT2D eigenvalue weighted by atomic mass is 9.93. The molecule has 0 saturated carbocycles. The molecule has 1 nitrogen and oxygen atoms in total. The fourth-order valence-corrected chi connectivity index (χ4v) is 2.57. The first-order valence-electron chi connectivity index (χ1n) is 6.75. The van der Waals surface area contributed by atoms with E-state index in [0.717, 1.165) is 0 Å². The average Bonchev–Trinajstić information content (AvgIpc) is 2.44. The Balaban J connectivity index is 2.63. The maximum atomic E-state index is 14.3. The average molecular weight is 293 g/mol. The molecule has 0 amide bonds. The van der Waals surface area contributed by atoms with Crippen LogP contribution in [-0.2, 0) is 0 Å². The minimum atomic E-state index is -0.664. The molecular formula is C17H18F3N. The monoisotopic (exact) mass is 293 g/mol. The molecule has 1 atom stereocenters. The van der Waals surface area contributed by atoms with Gasteiger partial charge in [-0.05, 0) is 56.1 Å². The highest BCUT2D eigenvalue weighted by atomic mass is 19.1. The van der Waals surface area contributed by atoms with Gasteiger partial charge in [0.2, 0.25) is 0 Å². The fraction of sp³-hybridized carbons (Fsp3) is 0.294. The van der Waals surface area contributed by atoms with Crippen LogP contribution in [0.15, 0.2) is 24.3 Å².